The van der Waals surface area contributed by atoms with Crippen LogP contribution in [0.5, 0.6) is 11.5 Å². The summed E-state index contributed by atoms with van der Waals surface area (Å²) in [7, 11) is 0. The van der Waals surface area contributed by atoms with Crippen molar-refractivity contribution in [3.8, 4) is 11.5 Å². The van der Waals surface area contributed by atoms with E-state index in [0.717, 1.165) is 10.0 Å². The van der Waals surface area contributed by atoms with Crippen LogP contribution in [-0.2, 0) is 11.3 Å². The number of carbonyl (C=O) groups excluding carboxylic acids is 1. The Morgan fingerprint density at radius 3 is 2.94 bits per heavy atom. The Bertz CT molecular complexity index is 454. The van der Waals surface area contributed by atoms with Gasteiger partial charge in [-0.1, -0.05) is 0 Å². The van der Waals surface area contributed by atoms with Crippen LogP contribution in [0.2, 0.25) is 0 Å². The number of amides is 1. The summed E-state index contributed by atoms with van der Waals surface area (Å²) in [5, 5.41) is 2.74. The highest BCUT2D eigenvalue weighted by Crippen LogP contribution is 2.39. The fourth-order valence-corrected chi connectivity index (χ4v) is 2.08. The molecular weight excluding hydrogens is 323 g/mol. The van der Waals surface area contributed by atoms with Crippen molar-refractivity contribution in [1.82, 2.24) is 5.32 Å². The summed E-state index contributed by atoms with van der Waals surface area (Å²) in [5.41, 5.74) is 6.38. The van der Waals surface area contributed by atoms with Crippen molar-refractivity contribution < 1.29 is 14.3 Å². The van der Waals surface area contributed by atoms with Crippen LogP contribution in [0.3, 0.4) is 0 Å². The lowest BCUT2D eigenvalue weighted by Gasteiger charge is -2.09. The zero-order valence-corrected chi connectivity index (χ0v) is 12.1. The molecular formula is C11H14BrClN2O3. The fourth-order valence-electron chi connectivity index (χ4n) is 1.47. The summed E-state index contributed by atoms with van der Waals surface area (Å²) in [6.07, 6.45) is 0. The highest BCUT2D eigenvalue weighted by molar-refractivity contribution is 9.10. The predicted octanol–water partition coefficient (Wildman–Crippen LogP) is 1.56. The molecule has 0 saturated carbocycles. The number of fused-ring (bicyclic) bond motifs is 1. The highest BCUT2D eigenvalue weighted by Gasteiger charge is 2.18. The maximum Gasteiger partial charge on any atom is 0.236 e. The van der Waals surface area contributed by atoms with Crippen molar-refractivity contribution in [3.05, 3.63) is 22.2 Å². The summed E-state index contributed by atoms with van der Waals surface area (Å²) >= 11 is 3.39. The molecule has 2 rings (SSSR count). The summed E-state index contributed by atoms with van der Waals surface area (Å²) in [6, 6.07) is 3.22. The number of nitrogens with two attached hydrogens (primary N) is 1. The van der Waals surface area contributed by atoms with E-state index in [2.05, 4.69) is 21.2 Å². The van der Waals surface area contributed by atoms with Crippen LogP contribution < -0.4 is 20.5 Å². The summed E-state index contributed by atoms with van der Waals surface area (Å²) in [4.78, 5) is 11.3. The maximum absolute atomic E-state index is 11.3. The Labute approximate surface area is 120 Å². The van der Waals surface area contributed by atoms with E-state index in [4.69, 9.17) is 15.2 Å². The minimum atomic E-state index is -0.507. The maximum atomic E-state index is 11.3. The van der Waals surface area contributed by atoms with Gasteiger partial charge in [0.2, 0.25) is 12.7 Å². The first-order valence-corrected chi connectivity index (χ1v) is 5.98. The van der Waals surface area contributed by atoms with Crippen LogP contribution >= 0.6 is 28.3 Å². The van der Waals surface area contributed by atoms with E-state index in [1.807, 2.05) is 12.1 Å². The lowest BCUT2D eigenvalue weighted by molar-refractivity contribution is -0.122. The Morgan fingerprint density at radius 2 is 2.28 bits per heavy atom. The monoisotopic (exact) mass is 336 g/mol. The van der Waals surface area contributed by atoms with E-state index in [9.17, 15) is 4.79 Å². The van der Waals surface area contributed by atoms with E-state index in [-0.39, 0.29) is 25.1 Å². The van der Waals surface area contributed by atoms with Gasteiger partial charge in [0, 0.05) is 6.54 Å². The summed E-state index contributed by atoms with van der Waals surface area (Å²) < 4.78 is 11.4. The van der Waals surface area contributed by atoms with E-state index < -0.39 is 6.04 Å². The quantitative estimate of drug-likeness (QED) is 0.878. The second-order valence-corrected chi connectivity index (χ2v) is 4.67. The second-order valence-electron chi connectivity index (χ2n) is 3.82. The number of nitrogens with one attached hydrogen (secondary N) is 1. The van der Waals surface area contributed by atoms with Crippen molar-refractivity contribution >= 4 is 34.2 Å². The molecule has 100 valence electrons. The van der Waals surface area contributed by atoms with E-state index in [1.165, 1.54) is 0 Å². The zero-order chi connectivity index (χ0) is 12.4. The highest BCUT2D eigenvalue weighted by atomic mass is 79.9. The van der Waals surface area contributed by atoms with Crippen LogP contribution in [0.25, 0.3) is 0 Å². The molecule has 7 heteroatoms. The Hall–Kier alpha value is -0.980. The molecule has 1 amide bonds. The summed E-state index contributed by atoms with van der Waals surface area (Å²) in [5.74, 6) is 1.20. The molecule has 0 aromatic heterocycles. The molecule has 0 aliphatic carbocycles. The van der Waals surface area contributed by atoms with Crippen molar-refractivity contribution in [2.75, 3.05) is 6.79 Å². The Kier molecular flexibility index (Phi) is 5.25. The van der Waals surface area contributed by atoms with Crippen LogP contribution in [-0.4, -0.2) is 18.7 Å². The van der Waals surface area contributed by atoms with Gasteiger partial charge < -0.3 is 20.5 Å². The van der Waals surface area contributed by atoms with Gasteiger partial charge in [0.1, 0.15) is 0 Å². The molecule has 0 radical (unpaired) electrons. The van der Waals surface area contributed by atoms with Crippen LogP contribution in [0, 0.1) is 0 Å². The summed E-state index contributed by atoms with van der Waals surface area (Å²) in [6.45, 7) is 2.28. The molecule has 1 heterocycles. The molecule has 1 aliphatic rings. The molecule has 5 nitrogen and oxygen atoms in total. The van der Waals surface area contributed by atoms with Crippen LogP contribution in [0.15, 0.2) is 16.6 Å². The van der Waals surface area contributed by atoms with E-state index in [0.29, 0.717) is 18.0 Å². The zero-order valence-electron chi connectivity index (χ0n) is 9.73. The number of hydrogen-bond donors (Lipinski definition) is 2. The number of halogens is 2. The fraction of sp³-hybridized carbons (Fsp3) is 0.364. The van der Waals surface area contributed by atoms with Crippen molar-refractivity contribution in [2.45, 2.75) is 19.5 Å². The molecule has 1 aromatic rings. The topological polar surface area (TPSA) is 73.6 Å². The number of ether oxygens (including phenoxy) is 2. The van der Waals surface area contributed by atoms with Gasteiger partial charge in [0.05, 0.1) is 10.5 Å². The molecule has 0 fully saturated rings. The molecule has 0 saturated heterocycles. The Balaban J connectivity index is 0.00000162. The Morgan fingerprint density at radius 1 is 1.56 bits per heavy atom. The van der Waals surface area contributed by atoms with Gasteiger partial charge in [-0.15, -0.1) is 12.4 Å². The van der Waals surface area contributed by atoms with Gasteiger partial charge in [0.25, 0.3) is 0 Å². The van der Waals surface area contributed by atoms with Crippen molar-refractivity contribution in [2.24, 2.45) is 5.73 Å². The first-order chi connectivity index (χ1) is 8.08. The van der Waals surface area contributed by atoms with Crippen molar-refractivity contribution in [1.29, 1.82) is 0 Å². The number of carbonyl (C=O) groups is 1. The first kappa shape index (κ1) is 15.1. The van der Waals surface area contributed by atoms with Gasteiger partial charge in [0.15, 0.2) is 11.5 Å². The first-order valence-electron chi connectivity index (χ1n) is 5.19. The second kappa shape index (κ2) is 6.26. The van der Waals surface area contributed by atoms with Crippen LogP contribution in [0.1, 0.15) is 12.5 Å². The number of rotatable bonds is 3. The smallest absolute Gasteiger partial charge is 0.236 e. The molecule has 0 spiro atoms. The molecule has 1 unspecified atom stereocenters. The van der Waals surface area contributed by atoms with Gasteiger partial charge in [-0.25, -0.2) is 0 Å². The number of hydrogen-bond acceptors (Lipinski definition) is 4. The largest absolute Gasteiger partial charge is 0.454 e. The molecule has 3 N–H and O–H groups in total. The SMILES string of the molecule is CC(N)C(=O)NCc1cc(Br)c2c(c1)OCO2.Cl. The standard InChI is InChI=1S/C11H13BrN2O3.ClH/c1-6(13)11(15)14-4-7-2-8(12)10-9(3-7)16-5-17-10;/h2-3,6H,4-5,13H2,1H3,(H,14,15);1H. The third kappa shape index (κ3) is 3.28. The molecule has 1 atom stereocenters. The lowest BCUT2D eigenvalue weighted by Crippen LogP contribution is -2.37. The average molecular weight is 338 g/mol. The normalized spacial score (nSPS) is 13.7. The van der Waals surface area contributed by atoms with Gasteiger partial charge in [-0.05, 0) is 40.5 Å². The van der Waals surface area contributed by atoms with Gasteiger partial charge in [-0.2, -0.15) is 0 Å². The molecule has 0 bridgehead atoms. The molecule has 1 aliphatic heterocycles. The van der Waals surface area contributed by atoms with Crippen molar-refractivity contribution in [3.63, 3.8) is 0 Å². The minimum absolute atomic E-state index is 0. The van der Waals surface area contributed by atoms with Gasteiger partial charge in [-0.3, -0.25) is 4.79 Å². The predicted molar refractivity (Wildman–Crippen MR) is 73.0 cm³/mol. The van der Waals surface area contributed by atoms with E-state index >= 15 is 0 Å². The van der Waals surface area contributed by atoms with Gasteiger partial charge >= 0.3 is 0 Å². The van der Waals surface area contributed by atoms with E-state index in [1.54, 1.807) is 6.92 Å². The third-order valence-electron chi connectivity index (χ3n) is 2.37. The average Bonchev–Trinajstić information content (AvgIpc) is 2.74. The molecule has 18 heavy (non-hydrogen) atoms. The lowest BCUT2D eigenvalue weighted by atomic mass is 10.2. The third-order valence-corrected chi connectivity index (χ3v) is 2.96. The minimum Gasteiger partial charge on any atom is -0.454 e. The van der Waals surface area contributed by atoms with Crippen LogP contribution in [0.4, 0.5) is 0 Å². The number of benzene rings is 1. The molecule has 1 aromatic carbocycles.